The number of hydrogen-bond acceptors (Lipinski definition) is 2. The molecular weight excluding hydrogens is 188 g/mol. The maximum absolute atomic E-state index is 10.8. The summed E-state index contributed by atoms with van der Waals surface area (Å²) in [6.07, 6.45) is 1.25. The van der Waals surface area contributed by atoms with Gasteiger partial charge < -0.3 is 4.74 Å². The zero-order valence-corrected chi connectivity index (χ0v) is 7.91. The molecule has 68 valence electrons. The van der Waals surface area contributed by atoms with Crippen molar-refractivity contribution in [3.8, 4) is 0 Å². The first-order valence-corrected chi connectivity index (χ1v) is 4.12. The van der Waals surface area contributed by atoms with Crippen LogP contribution >= 0.6 is 11.6 Å². The van der Waals surface area contributed by atoms with Crippen LogP contribution < -0.4 is 0 Å². The molecule has 0 fully saturated rings. The van der Waals surface area contributed by atoms with E-state index in [0.29, 0.717) is 5.03 Å². The van der Waals surface area contributed by atoms with E-state index < -0.39 is 5.97 Å². The number of carbonyl (C=O) groups excluding carboxylic acids is 1. The third kappa shape index (κ3) is 2.92. The van der Waals surface area contributed by atoms with Gasteiger partial charge >= 0.3 is 5.97 Å². The average Bonchev–Trinajstić information content (AvgIpc) is 2.19. The lowest BCUT2D eigenvalue weighted by atomic mass is 10.2. The molecule has 0 spiro atoms. The third-order valence-corrected chi connectivity index (χ3v) is 1.82. The molecule has 0 heterocycles. The number of rotatable bonds is 2. The summed E-state index contributed by atoms with van der Waals surface area (Å²) < 4.78 is 4.44. The van der Waals surface area contributed by atoms with E-state index in [9.17, 15) is 4.79 Å². The fraction of sp³-hybridized carbons (Fsp3) is 0.100. The van der Waals surface area contributed by atoms with Gasteiger partial charge in [0.05, 0.1) is 12.1 Å². The average molecular weight is 197 g/mol. The van der Waals surface area contributed by atoms with Crippen LogP contribution in [0.15, 0.2) is 36.4 Å². The first-order chi connectivity index (χ1) is 6.24. The SMILES string of the molecule is COC(=O)/C=C(\Cl)c1ccccc1. The van der Waals surface area contributed by atoms with E-state index in [1.807, 2.05) is 30.3 Å². The van der Waals surface area contributed by atoms with Crippen LogP contribution in [-0.2, 0) is 9.53 Å². The van der Waals surface area contributed by atoms with Crippen LogP contribution in [0.4, 0.5) is 0 Å². The summed E-state index contributed by atoms with van der Waals surface area (Å²) >= 11 is 5.84. The molecule has 0 aliphatic heterocycles. The van der Waals surface area contributed by atoms with Crippen molar-refractivity contribution in [1.29, 1.82) is 0 Å². The Morgan fingerprint density at radius 1 is 1.38 bits per heavy atom. The molecule has 13 heavy (non-hydrogen) atoms. The highest BCUT2D eigenvalue weighted by atomic mass is 35.5. The Labute approximate surface area is 81.8 Å². The Morgan fingerprint density at radius 3 is 2.54 bits per heavy atom. The Bertz CT molecular complexity index is 317. The molecule has 0 N–H and O–H groups in total. The zero-order chi connectivity index (χ0) is 9.68. The van der Waals surface area contributed by atoms with Crippen molar-refractivity contribution in [2.24, 2.45) is 0 Å². The predicted molar refractivity (Wildman–Crippen MR) is 52.3 cm³/mol. The van der Waals surface area contributed by atoms with Crippen molar-refractivity contribution in [3.05, 3.63) is 42.0 Å². The zero-order valence-electron chi connectivity index (χ0n) is 7.16. The van der Waals surface area contributed by atoms with E-state index in [-0.39, 0.29) is 0 Å². The van der Waals surface area contributed by atoms with E-state index in [2.05, 4.69) is 4.74 Å². The number of methoxy groups -OCH3 is 1. The summed E-state index contributed by atoms with van der Waals surface area (Å²) in [7, 11) is 1.31. The summed E-state index contributed by atoms with van der Waals surface area (Å²) in [5, 5.41) is 0.382. The largest absolute Gasteiger partial charge is 0.466 e. The number of esters is 1. The molecule has 1 aromatic carbocycles. The van der Waals surface area contributed by atoms with E-state index in [1.165, 1.54) is 13.2 Å². The van der Waals surface area contributed by atoms with Crippen LogP contribution in [0.1, 0.15) is 5.56 Å². The molecule has 1 rings (SSSR count). The number of halogens is 1. The molecule has 0 aliphatic rings. The van der Waals surface area contributed by atoms with E-state index in [1.54, 1.807) is 0 Å². The molecule has 0 saturated carbocycles. The minimum absolute atomic E-state index is 0.382. The van der Waals surface area contributed by atoms with Crippen LogP contribution in [0.2, 0.25) is 0 Å². The predicted octanol–water partition coefficient (Wildman–Crippen LogP) is 2.44. The molecule has 0 amide bonds. The lowest BCUT2D eigenvalue weighted by Crippen LogP contribution is -1.94. The maximum atomic E-state index is 10.8. The Morgan fingerprint density at radius 2 is 2.00 bits per heavy atom. The van der Waals surface area contributed by atoms with Gasteiger partial charge in [0.15, 0.2) is 0 Å². The molecule has 0 saturated heterocycles. The molecule has 0 atom stereocenters. The number of benzene rings is 1. The summed E-state index contributed by atoms with van der Waals surface area (Å²) in [5.74, 6) is -0.450. The fourth-order valence-corrected chi connectivity index (χ4v) is 1.06. The van der Waals surface area contributed by atoms with Gasteiger partial charge in [0.1, 0.15) is 0 Å². The van der Waals surface area contributed by atoms with Crippen LogP contribution in [0, 0.1) is 0 Å². The van der Waals surface area contributed by atoms with Crippen molar-refractivity contribution in [3.63, 3.8) is 0 Å². The van der Waals surface area contributed by atoms with Gasteiger partial charge in [0.2, 0.25) is 0 Å². The van der Waals surface area contributed by atoms with Crippen LogP contribution in [0.5, 0.6) is 0 Å². The van der Waals surface area contributed by atoms with Crippen molar-refractivity contribution in [2.45, 2.75) is 0 Å². The van der Waals surface area contributed by atoms with Gasteiger partial charge in [-0.05, 0) is 5.56 Å². The highest BCUT2D eigenvalue weighted by Gasteiger charge is 2.00. The number of hydrogen-bond donors (Lipinski definition) is 0. The molecule has 0 bridgehead atoms. The molecular formula is C10H9ClO2. The van der Waals surface area contributed by atoms with Crippen LogP contribution in [0.3, 0.4) is 0 Å². The highest BCUT2D eigenvalue weighted by molar-refractivity contribution is 6.50. The Kier molecular flexibility index (Phi) is 3.53. The first-order valence-electron chi connectivity index (χ1n) is 3.74. The molecule has 3 heteroatoms. The summed E-state index contributed by atoms with van der Waals surface area (Å²) in [6, 6.07) is 9.22. The second kappa shape index (κ2) is 4.67. The molecule has 2 nitrogen and oxygen atoms in total. The third-order valence-electron chi connectivity index (χ3n) is 1.50. The smallest absolute Gasteiger partial charge is 0.331 e. The molecule has 0 radical (unpaired) electrons. The second-order valence-electron chi connectivity index (χ2n) is 2.38. The normalized spacial score (nSPS) is 11.1. The molecule has 0 unspecified atom stereocenters. The monoisotopic (exact) mass is 196 g/mol. The number of carbonyl (C=O) groups is 1. The van der Waals surface area contributed by atoms with Gasteiger partial charge in [-0.1, -0.05) is 41.9 Å². The van der Waals surface area contributed by atoms with Gasteiger partial charge in [0, 0.05) is 6.08 Å². The minimum atomic E-state index is -0.450. The highest BCUT2D eigenvalue weighted by Crippen LogP contribution is 2.17. The topological polar surface area (TPSA) is 26.3 Å². The van der Waals surface area contributed by atoms with Crippen LogP contribution in [-0.4, -0.2) is 13.1 Å². The van der Waals surface area contributed by atoms with E-state index in [4.69, 9.17) is 11.6 Å². The van der Waals surface area contributed by atoms with Gasteiger partial charge in [-0.2, -0.15) is 0 Å². The molecule has 0 aliphatic carbocycles. The minimum Gasteiger partial charge on any atom is -0.466 e. The standard InChI is InChI=1S/C10H9ClO2/c1-13-10(12)7-9(11)8-5-3-2-4-6-8/h2-7H,1H3/b9-7-. The van der Waals surface area contributed by atoms with E-state index in [0.717, 1.165) is 5.56 Å². The first kappa shape index (κ1) is 9.81. The van der Waals surface area contributed by atoms with Crippen molar-refractivity contribution >= 4 is 22.6 Å². The van der Waals surface area contributed by atoms with Crippen LogP contribution in [0.25, 0.3) is 5.03 Å². The van der Waals surface area contributed by atoms with Gasteiger partial charge in [-0.25, -0.2) is 4.79 Å². The summed E-state index contributed by atoms with van der Waals surface area (Å²) in [6.45, 7) is 0. The lowest BCUT2D eigenvalue weighted by Gasteiger charge is -1.97. The molecule has 0 aromatic heterocycles. The Hall–Kier alpha value is -1.28. The summed E-state index contributed by atoms with van der Waals surface area (Å²) in [5.41, 5.74) is 0.801. The second-order valence-corrected chi connectivity index (χ2v) is 2.79. The maximum Gasteiger partial charge on any atom is 0.331 e. The van der Waals surface area contributed by atoms with Crippen molar-refractivity contribution in [1.82, 2.24) is 0 Å². The van der Waals surface area contributed by atoms with Gasteiger partial charge in [-0.3, -0.25) is 0 Å². The van der Waals surface area contributed by atoms with Crippen molar-refractivity contribution in [2.75, 3.05) is 7.11 Å². The quantitative estimate of drug-likeness (QED) is 0.537. The van der Waals surface area contributed by atoms with Gasteiger partial charge in [0.25, 0.3) is 0 Å². The van der Waals surface area contributed by atoms with E-state index >= 15 is 0 Å². The van der Waals surface area contributed by atoms with Gasteiger partial charge in [-0.15, -0.1) is 0 Å². The number of ether oxygens (including phenoxy) is 1. The fourth-order valence-electron chi connectivity index (χ4n) is 0.843. The van der Waals surface area contributed by atoms with Crippen molar-refractivity contribution < 1.29 is 9.53 Å². The summed E-state index contributed by atoms with van der Waals surface area (Å²) in [4.78, 5) is 10.8. The molecule has 1 aromatic rings. The Balaban J connectivity index is 2.85. The lowest BCUT2D eigenvalue weighted by molar-refractivity contribution is -0.134.